The van der Waals surface area contributed by atoms with E-state index in [-0.39, 0.29) is 55.2 Å². The number of alkyl halides is 3. The number of amides is 2. The lowest BCUT2D eigenvalue weighted by Crippen LogP contribution is -2.43. The first-order chi connectivity index (χ1) is 22.4. The topological polar surface area (TPSA) is 114 Å². The van der Waals surface area contributed by atoms with E-state index in [2.05, 4.69) is 39.3 Å². The van der Waals surface area contributed by atoms with E-state index < -0.39 is 17.6 Å². The third-order valence-corrected chi connectivity index (χ3v) is 9.03. The molecule has 0 radical (unpaired) electrons. The monoisotopic (exact) mass is 647 g/mol. The first-order valence-corrected chi connectivity index (χ1v) is 15.4. The van der Waals surface area contributed by atoms with Crippen LogP contribution in [0.2, 0.25) is 0 Å². The van der Waals surface area contributed by atoms with Gasteiger partial charge in [-0.05, 0) is 65.8 Å². The van der Waals surface area contributed by atoms with Crippen molar-refractivity contribution in [3.8, 4) is 0 Å². The zero-order chi connectivity index (χ0) is 33.5. The normalized spacial score (nSPS) is 19.1. The van der Waals surface area contributed by atoms with Crippen LogP contribution in [0.3, 0.4) is 0 Å². The molecule has 1 N–H and O–H groups in total. The van der Waals surface area contributed by atoms with Gasteiger partial charge in [0.25, 0.3) is 5.91 Å². The minimum Gasteiger partial charge on any atom is -0.332 e. The molecule has 1 aliphatic carbocycles. The van der Waals surface area contributed by atoms with Crippen molar-refractivity contribution >= 4 is 17.5 Å². The molecule has 14 heteroatoms. The number of fused-ring (bicyclic) bond motifs is 1. The van der Waals surface area contributed by atoms with Crippen LogP contribution >= 0.6 is 0 Å². The van der Waals surface area contributed by atoms with Gasteiger partial charge >= 0.3 is 6.18 Å². The molecule has 11 nitrogen and oxygen atoms in total. The first-order valence-electron chi connectivity index (χ1n) is 15.4. The minimum absolute atomic E-state index is 0.0356. The molecule has 2 aromatic heterocycles. The molecule has 6 rings (SSSR count). The Morgan fingerprint density at radius 1 is 1.19 bits per heavy atom. The van der Waals surface area contributed by atoms with Crippen LogP contribution in [-0.2, 0) is 50.1 Å². The van der Waals surface area contributed by atoms with E-state index in [9.17, 15) is 22.8 Å². The van der Waals surface area contributed by atoms with Gasteiger partial charge in [0.1, 0.15) is 17.8 Å². The summed E-state index contributed by atoms with van der Waals surface area (Å²) >= 11 is 0. The number of nitrogens with zero attached hydrogens (tertiary/aromatic N) is 8. The summed E-state index contributed by atoms with van der Waals surface area (Å²) in [6.07, 6.45) is 1.60. The van der Waals surface area contributed by atoms with E-state index in [1.807, 2.05) is 29.8 Å². The first kappa shape index (κ1) is 32.1. The number of hydrogen-bond acceptors (Lipinski definition) is 7. The van der Waals surface area contributed by atoms with Crippen molar-refractivity contribution < 1.29 is 22.8 Å². The second kappa shape index (κ2) is 12.4. The lowest BCUT2D eigenvalue weighted by molar-refractivity contribution is -0.138. The van der Waals surface area contributed by atoms with Gasteiger partial charge in [-0.25, -0.2) is 0 Å². The van der Waals surface area contributed by atoms with E-state index in [0.29, 0.717) is 22.9 Å². The Morgan fingerprint density at radius 2 is 1.98 bits per heavy atom. The number of anilines is 1. The van der Waals surface area contributed by atoms with Gasteiger partial charge in [-0.2, -0.15) is 13.2 Å². The Kier molecular flexibility index (Phi) is 8.47. The summed E-state index contributed by atoms with van der Waals surface area (Å²) in [6, 6.07) is 10.1. The summed E-state index contributed by atoms with van der Waals surface area (Å²) in [5, 5.41) is 19.5. The van der Waals surface area contributed by atoms with Gasteiger partial charge < -0.3 is 19.7 Å². The minimum atomic E-state index is -4.65. The van der Waals surface area contributed by atoms with Crippen LogP contribution in [0.5, 0.6) is 0 Å². The summed E-state index contributed by atoms with van der Waals surface area (Å²) in [6.45, 7) is 6.35. The molecule has 0 atom stereocenters. The quantitative estimate of drug-likeness (QED) is 0.192. The average molecular weight is 648 g/mol. The smallest absolute Gasteiger partial charge is 0.332 e. The molecule has 0 spiro atoms. The van der Waals surface area contributed by atoms with E-state index >= 15 is 0 Å². The predicted molar refractivity (Wildman–Crippen MR) is 167 cm³/mol. The summed E-state index contributed by atoms with van der Waals surface area (Å²) in [5.74, 6) is 0.508. The Bertz CT molecular complexity index is 1820. The number of halogens is 3. The van der Waals surface area contributed by atoms with Gasteiger partial charge in [0, 0.05) is 51.2 Å². The number of nitrogens with one attached hydrogen (secondary N) is 1. The lowest BCUT2D eigenvalue weighted by Gasteiger charge is -2.46. The second-order valence-corrected chi connectivity index (χ2v) is 12.5. The second-order valence-electron chi connectivity index (χ2n) is 12.5. The molecule has 2 amide bonds. The zero-order valence-electron chi connectivity index (χ0n) is 26.5. The molecule has 1 fully saturated rings. The maximum absolute atomic E-state index is 14.4. The maximum atomic E-state index is 14.4. The van der Waals surface area contributed by atoms with E-state index in [0.717, 1.165) is 30.3 Å². The van der Waals surface area contributed by atoms with Crippen molar-refractivity contribution in [3.05, 3.63) is 101 Å². The molecule has 0 saturated heterocycles. The highest BCUT2D eigenvalue weighted by Gasteiger charge is 2.48. The molecule has 0 bridgehead atoms. The molecule has 47 heavy (non-hydrogen) atoms. The number of aromatic nitrogens is 6. The lowest BCUT2D eigenvalue weighted by atomic mass is 9.58. The highest BCUT2D eigenvalue weighted by Crippen LogP contribution is 2.52. The maximum Gasteiger partial charge on any atom is 0.416 e. The van der Waals surface area contributed by atoms with Crippen LogP contribution in [0.15, 0.2) is 61.6 Å². The van der Waals surface area contributed by atoms with Crippen molar-refractivity contribution in [2.75, 3.05) is 18.0 Å². The number of benzene rings is 2. The molecule has 0 unspecified atom stereocenters. The van der Waals surface area contributed by atoms with Crippen molar-refractivity contribution in [2.24, 2.45) is 20.0 Å². The molecule has 3 heterocycles. The van der Waals surface area contributed by atoms with E-state index in [1.54, 1.807) is 25.6 Å². The number of rotatable bonds is 11. The summed E-state index contributed by atoms with van der Waals surface area (Å²) in [4.78, 5) is 29.1. The number of aryl methyl sites for hydroxylation is 2. The SMILES string of the molecule is C=CC(=O)N(CCNCc1cc2c(c(C(F)(F)F)c1)CN(c1cccc(C3(c4nncn4C)CC(C)C3)c1)C2=O)Cc1cn(C)nn1. The third kappa shape index (κ3) is 6.16. The summed E-state index contributed by atoms with van der Waals surface area (Å²) in [5.41, 5.74) is 1.19. The molecular formula is C33H36F3N9O2. The number of carbonyl (C=O) groups excluding carboxylic acids is 2. The van der Waals surface area contributed by atoms with Gasteiger partial charge in [-0.3, -0.25) is 14.3 Å². The highest BCUT2D eigenvalue weighted by atomic mass is 19.4. The standard InChI is InChI=1S/C33H36F3N9O2/c1-5-29(46)44(18-24-17-43(4)41-39-24)10-9-37-16-22-11-26-27(28(12-22)33(34,35)36)19-45(30(26)47)25-8-6-7-23(13-25)32(14-21(2)15-32)31-40-38-20-42(31)3/h5-8,11-13,17,20-21,37H,1,9-10,14-16,18-19H2,2-4H3. The van der Waals surface area contributed by atoms with E-state index in [1.165, 1.54) is 26.6 Å². The number of hydrogen-bond donors (Lipinski definition) is 1. The fourth-order valence-corrected chi connectivity index (χ4v) is 6.90. The Hall–Kier alpha value is -4.85. The van der Waals surface area contributed by atoms with E-state index in [4.69, 9.17) is 0 Å². The largest absolute Gasteiger partial charge is 0.416 e. The Balaban J connectivity index is 1.21. The fraction of sp³-hybridized carbons (Fsp3) is 0.394. The molecule has 4 aromatic rings. The molecule has 2 aromatic carbocycles. The van der Waals surface area contributed by atoms with Crippen LogP contribution in [0.25, 0.3) is 0 Å². The summed E-state index contributed by atoms with van der Waals surface area (Å²) in [7, 11) is 3.61. The fourth-order valence-electron chi connectivity index (χ4n) is 6.90. The highest BCUT2D eigenvalue weighted by molar-refractivity contribution is 6.10. The van der Waals surface area contributed by atoms with Gasteiger partial charge in [0.05, 0.1) is 24.1 Å². The van der Waals surface area contributed by atoms with Crippen LogP contribution < -0.4 is 10.2 Å². The average Bonchev–Trinajstić information content (AvgIpc) is 3.74. The third-order valence-electron chi connectivity index (χ3n) is 9.03. The van der Waals surface area contributed by atoms with Crippen molar-refractivity contribution in [1.29, 1.82) is 0 Å². The molecule has 1 saturated carbocycles. The van der Waals surface area contributed by atoms with Crippen LogP contribution in [0.1, 0.15) is 63.9 Å². The van der Waals surface area contributed by atoms with Gasteiger partial charge in [-0.1, -0.05) is 30.8 Å². The molecule has 2 aliphatic rings. The Morgan fingerprint density at radius 3 is 2.62 bits per heavy atom. The summed E-state index contributed by atoms with van der Waals surface area (Å²) < 4.78 is 46.6. The van der Waals surface area contributed by atoms with Crippen molar-refractivity contribution in [1.82, 2.24) is 40.0 Å². The van der Waals surface area contributed by atoms with Crippen molar-refractivity contribution in [2.45, 2.75) is 51.0 Å². The van der Waals surface area contributed by atoms with Crippen LogP contribution in [-0.4, -0.2) is 59.6 Å². The number of carbonyl (C=O) groups is 2. The van der Waals surface area contributed by atoms with Crippen molar-refractivity contribution in [3.63, 3.8) is 0 Å². The molecular weight excluding hydrogens is 611 g/mol. The predicted octanol–water partition coefficient (Wildman–Crippen LogP) is 4.14. The Labute approximate surface area is 270 Å². The van der Waals surface area contributed by atoms with Gasteiger partial charge in [-0.15, -0.1) is 15.3 Å². The van der Waals surface area contributed by atoms with Gasteiger partial charge in [0.2, 0.25) is 5.91 Å². The molecule has 246 valence electrons. The molecule has 1 aliphatic heterocycles. The van der Waals surface area contributed by atoms with Gasteiger partial charge in [0.15, 0.2) is 0 Å². The van der Waals surface area contributed by atoms with Crippen LogP contribution in [0.4, 0.5) is 18.9 Å². The zero-order valence-corrected chi connectivity index (χ0v) is 26.5. The van der Waals surface area contributed by atoms with Crippen LogP contribution in [0, 0.1) is 5.92 Å².